The average molecular weight is 635 g/mol. The van der Waals surface area contributed by atoms with Gasteiger partial charge in [-0.25, -0.2) is 4.57 Å². The summed E-state index contributed by atoms with van der Waals surface area (Å²) in [6.07, 6.45) is 26.6. The van der Waals surface area contributed by atoms with Crippen molar-refractivity contribution in [3.63, 3.8) is 0 Å². The molecule has 0 rings (SSSR count). The SMILES string of the molecule is CCCCC/C=C\CCCCCCCC(=O)OC(COCCCCCCCCCCC)COP(=O)(O)OCC[N+](C)(C)C. The van der Waals surface area contributed by atoms with E-state index in [-0.39, 0.29) is 25.8 Å². The van der Waals surface area contributed by atoms with Crippen molar-refractivity contribution in [1.29, 1.82) is 0 Å². The molecule has 9 heteroatoms. The van der Waals surface area contributed by atoms with Gasteiger partial charge in [-0.05, 0) is 38.5 Å². The van der Waals surface area contributed by atoms with Crippen LogP contribution in [0.3, 0.4) is 0 Å². The fourth-order valence-electron chi connectivity index (χ4n) is 4.54. The molecule has 0 fully saturated rings. The van der Waals surface area contributed by atoms with Crippen molar-refractivity contribution in [3.8, 4) is 0 Å². The molecule has 43 heavy (non-hydrogen) atoms. The van der Waals surface area contributed by atoms with Crippen LogP contribution in [-0.2, 0) is 27.9 Å². The molecule has 2 atom stereocenters. The minimum atomic E-state index is -4.26. The van der Waals surface area contributed by atoms with Gasteiger partial charge in [0.1, 0.15) is 19.3 Å². The summed E-state index contributed by atoms with van der Waals surface area (Å²) in [4.78, 5) is 22.6. The monoisotopic (exact) mass is 634 g/mol. The molecule has 0 aromatic carbocycles. The van der Waals surface area contributed by atoms with Gasteiger partial charge in [0.15, 0.2) is 0 Å². The predicted molar refractivity (Wildman–Crippen MR) is 178 cm³/mol. The largest absolute Gasteiger partial charge is 0.472 e. The number of hydrogen-bond donors (Lipinski definition) is 1. The summed E-state index contributed by atoms with van der Waals surface area (Å²) in [5.41, 5.74) is 0. The highest BCUT2D eigenvalue weighted by Crippen LogP contribution is 2.43. The third-order valence-electron chi connectivity index (χ3n) is 7.33. The Morgan fingerprint density at radius 2 is 1.21 bits per heavy atom. The molecule has 0 heterocycles. The number of rotatable bonds is 32. The normalized spacial score (nSPS) is 14.3. The van der Waals surface area contributed by atoms with Crippen LogP contribution in [0, 0.1) is 0 Å². The maximum Gasteiger partial charge on any atom is 0.472 e. The molecular formula is C34H69NO7P+. The Morgan fingerprint density at radius 3 is 1.81 bits per heavy atom. The highest BCUT2D eigenvalue weighted by molar-refractivity contribution is 7.47. The highest BCUT2D eigenvalue weighted by atomic mass is 31.2. The molecular weight excluding hydrogens is 565 g/mol. The zero-order chi connectivity index (χ0) is 32.1. The first-order chi connectivity index (χ1) is 20.6. The van der Waals surface area contributed by atoms with Gasteiger partial charge in [-0.1, -0.05) is 109 Å². The van der Waals surface area contributed by atoms with E-state index >= 15 is 0 Å². The van der Waals surface area contributed by atoms with Crippen LogP contribution in [-0.4, -0.2) is 75.6 Å². The second-order valence-corrected chi connectivity index (χ2v) is 14.4. The Bertz CT molecular complexity index is 711. The second-order valence-electron chi connectivity index (χ2n) is 12.9. The van der Waals surface area contributed by atoms with E-state index in [0.717, 1.165) is 44.9 Å². The minimum Gasteiger partial charge on any atom is -0.457 e. The molecule has 2 unspecified atom stereocenters. The minimum absolute atomic E-state index is 0.0894. The van der Waals surface area contributed by atoms with E-state index in [0.29, 0.717) is 24.1 Å². The number of likely N-dealkylation sites (N-methyl/N-ethyl adjacent to an activating group) is 1. The second kappa shape index (κ2) is 28.7. The number of hydrogen-bond acceptors (Lipinski definition) is 6. The molecule has 0 amide bonds. The molecule has 0 aromatic heterocycles. The molecule has 1 N–H and O–H groups in total. The van der Waals surface area contributed by atoms with Crippen LogP contribution >= 0.6 is 7.82 Å². The lowest BCUT2D eigenvalue weighted by atomic mass is 10.1. The number of ether oxygens (including phenoxy) is 2. The van der Waals surface area contributed by atoms with Crippen LogP contribution in [0.25, 0.3) is 0 Å². The Labute approximate surface area is 265 Å². The third kappa shape index (κ3) is 32.4. The van der Waals surface area contributed by atoms with Crippen molar-refractivity contribution in [3.05, 3.63) is 12.2 Å². The summed E-state index contributed by atoms with van der Waals surface area (Å²) in [6, 6.07) is 0. The summed E-state index contributed by atoms with van der Waals surface area (Å²) in [5, 5.41) is 0. The Balaban J connectivity index is 4.35. The molecule has 0 aromatic rings. The molecule has 0 aliphatic heterocycles. The third-order valence-corrected chi connectivity index (χ3v) is 8.31. The van der Waals surface area contributed by atoms with Crippen LogP contribution in [0.1, 0.15) is 142 Å². The Morgan fingerprint density at radius 1 is 0.698 bits per heavy atom. The van der Waals surface area contributed by atoms with Gasteiger partial charge in [0, 0.05) is 13.0 Å². The first-order valence-corrected chi connectivity index (χ1v) is 18.9. The van der Waals surface area contributed by atoms with E-state index in [4.69, 9.17) is 18.5 Å². The summed E-state index contributed by atoms with van der Waals surface area (Å²) >= 11 is 0. The van der Waals surface area contributed by atoms with Gasteiger partial charge >= 0.3 is 13.8 Å². The van der Waals surface area contributed by atoms with Gasteiger partial charge in [0.25, 0.3) is 0 Å². The number of carbonyl (C=O) groups excluding carboxylic acids is 1. The van der Waals surface area contributed by atoms with Gasteiger partial charge in [-0.2, -0.15) is 0 Å². The maximum atomic E-state index is 12.5. The van der Waals surface area contributed by atoms with E-state index in [9.17, 15) is 14.3 Å². The molecule has 0 spiro atoms. The Kier molecular flexibility index (Phi) is 28.2. The van der Waals surface area contributed by atoms with Crippen molar-refractivity contribution in [2.24, 2.45) is 0 Å². The number of phosphoric ester groups is 1. The van der Waals surface area contributed by atoms with Gasteiger partial charge in [-0.3, -0.25) is 13.8 Å². The molecule has 0 aliphatic carbocycles. The fourth-order valence-corrected chi connectivity index (χ4v) is 5.29. The average Bonchev–Trinajstić information content (AvgIpc) is 2.94. The predicted octanol–water partition coefficient (Wildman–Crippen LogP) is 9.15. The lowest BCUT2D eigenvalue weighted by molar-refractivity contribution is -0.870. The fraction of sp³-hybridized carbons (Fsp3) is 0.912. The molecule has 0 radical (unpaired) electrons. The Hall–Kier alpha value is -0.760. The number of allylic oxidation sites excluding steroid dienone is 2. The lowest BCUT2D eigenvalue weighted by Crippen LogP contribution is -2.37. The molecule has 0 aliphatic rings. The zero-order valence-corrected chi connectivity index (χ0v) is 29.6. The van der Waals surface area contributed by atoms with Crippen molar-refractivity contribution in [2.75, 3.05) is 54.1 Å². The maximum absolute atomic E-state index is 12.5. The summed E-state index contributed by atoms with van der Waals surface area (Å²) in [5.74, 6) is -0.325. The van der Waals surface area contributed by atoms with Gasteiger partial charge in [-0.15, -0.1) is 0 Å². The van der Waals surface area contributed by atoms with Crippen molar-refractivity contribution >= 4 is 13.8 Å². The van der Waals surface area contributed by atoms with Crippen molar-refractivity contribution < 1.29 is 37.3 Å². The summed E-state index contributed by atoms with van der Waals surface area (Å²) in [6.45, 7) is 5.57. The van der Waals surface area contributed by atoms with Gasteiger partial charge in [0.2, 0.25) is 0 Å². The highest BCUT2D eigenvalue weighted by Gasteiger charge is 2.26. The summed E-state index contributed by atoms with van der Waals surface area (Å²) in [7, 11) is 1.66. The number of unbranched alkanes of at least 4 members (excludes halogenated alkanes) is 16. The lowest BCUT2D eigenvalue weighted by Gasteiger charge is -2.24. The number of nitrogens with zero attached hydrogens (tertiary/aromatic N) is 1. The van der Waals surface area contributed by atoms with E-state index in [2.05, 4.69) is 26.0 Å². The van der Waals surface area contributed by atoms with E-state index < -0.39 is 13.9 Å². The number of quaternary nitrogens is 1. The first kappa shape index (κ1) is 42.2. The van der Waals surface area contributed by atoms with Crippen molar-refractivity contribution in [1.82, 2.24) is 0 Å². The topological polar surface area (TPSA) is 91.3 Å². The van der Waals surface area contributed by atoms with E-state index in [1.54, 1.807) is 0 Å². The molecule has 0 bridgehead atoms. The number of esters is 1. The van der Waals surface area contributed by atoms with E-state index in [1.165, 1.54) is 77.0 Å². The van der Waals surface area contributed by atoms with Gasteiger partial charge < -0.3 is 18.9 Å². The number of phosphoric acid groups is 1. The summed E-state index contributed by atoms with van der Waals surface area (Å²) < 4.78 is 34.7. The standard InChI is InChI=1S/C34H68NO7P/c1-6-8-10-12-14-16-17-18-19-21-23-25-27-34(36)42-33(32-41-43(37,38)40-30-28-35(3,4)5)31-39-29-26-24-22-20-15-13-11-9-7-2/h14,16,33H,6-13,15,17-32H2,1-5H3/p+1/b16-14-. The molecule has 0 saturated heterocycles. The van der Waals surface area contributed by atoms with Gasteiger partial charge in [0.05, 0.1) is 34.4 Å². The molecule has 0 saturated carbocycles. The zero-order valence-electron chi connectivity index (χ0n) is 28.7. The van der Waals surface area contributed by atoms with Crippen LogP contribution in [0.5, 0.6) is 0 Å². The van der Waals surface area contributed by atoms with Crippen molar-refractivity contribution in [2.45, 2.75) is 148 Å². The van der Waals surface area contributed by atoms with Crippen LogP contribution in [0.2, 0.25) is 0 Å². The van der Waals surface area contributed by atoms with Crippen LogP contribution in [0.15, 0.2) is 12.2 Å². The van der Waals surface area contributed by atoms with Crippen LogP contribution < -0.4 is 0 Å². The molecule has 256 valence electrons. The quantitative estimate of drug-likeness (QED) is 0.0259. The molecule has 8 nitrogen and oxygen atoms in total. The van der Waals surface area contributed by atoms with Crippen LogP contribution in [0.4, 0.5) is 0 Å². The first-order valence-electron chi connectivity index (χ1n) is 17.4. The number of carbonyl (C=O) groups is 1. The smallest absolute Gasteiger partial charge is 0.457 e. The van der Waals surface area contributed by atoms with E-state index in [1.807, 2.05) is 21.1 Å².